The van der Waals surface area contributed by atoms with Crippen LogP contribution < -0.4 is 5.32 Å². The molecular formula is C26H36N2O2S. The van der Waals surface area contributed by atoms with Gasteiger partial charge in [-0.1, -0.05) is 72.5 Å². The Kier molecular flexibility index (Phi) is 10.1. The summed E-state index contributed by atoms with van der Waals surface area (Å²) in [5.41, 5.74) is 5.89. The Hall–Kier alpha value is -2.27. The van der Waals surface area contributed by atoms with Crippen LogP contribution in [0.5, 0.6) is 0 Å². The Morgan fingerprint density at radius 1 is 1.00 bits per heavy atom. The minimum Gasteiger partial charge on any atom is -0.354 e. The van der Waals surface area contributed by atoms with Crippen LogP contribution >= 0.6 is 11.8 Å². The number of nitrogens with one attached hydrogen (secondary N) is 1. The lowest BCUT2D eigenvalue weighted by Gasteiger charge is -2.29. The largest absolute Gasteiger partial charge is 0.354 e. The van der Waals surface area contributed by atoms with Gasteiger partial charge in [-0.25, -0.2) is 0 Å². The summed E-state index contributed by atoms with van der Waals surface area (Å²) < 4.78 is 0. The molecule has 2 rings (SSSR count). The molecule has 2 aromatic rings. The summed E-state index contributed by atoms with van der Waals surface area (Å²) in [5, 5.41) is 2.97. The highest BCUT2D eigenvalue weighted by Crippen LogP contribution is 2.18. The first kappa shape index (κ1) is 25.0. The van der Waals surface area contributed by atoms with Gasteiger partial charge in [0.2, 0.25) is 11.8 Å². The van der Waals surface area contributed by atoms with E-state index >= 15 is 0 Å². The molecule has 0 aliphatic carbocycles. The quantitative estimate of drug-likeness (QED) is 0.490. The lowest BCUT2D eigenvalue weighted by atomic mass is 10.1. The molecule has 0 unspecified atom stereocenters. The van der Waals surface area contributed by atoms with Gasteiger partial charge in [-0.2, -0.15) is 0 Å². The van der Waals surface area contributed by atoms with E-state index in [4.69, 9.17) is 0 Å². The maximum atomic E-state index is 13.2. The standard InChI is InChI=1S/C26H36N2O2S/c1-6-7-11-27-26(30)22(5)28(16-23-10-8-9-19(2)13-23)25(29)18-31-17-24-14-20(3)12-21(4)15-24/h8-10,12-15,22H,6-7,11,16-18H2,1-5H3,(H,27,30)/t22-/m0/s1. The van der Waals surface area contributed by atoms with Crippen molar-refractivity contribution < 1.29 is 9.59 Å². The molecule has 0 bridgehead atoms. The number of amides is 2. The highest BCUT2D eigenvalue weighted by atomic mass is 32.2. The number of rotatable bonds is 11. The number of nitrogens with zero attached hydrogens (tertiary/aromatic N) is 1. The number of aryl methyl sites for hydroxylation is 3. The van der Waals surface area contributed by atoms with E-state index in [0.29, 0.717) is 18.8 Å². The summed E-state index contributed by atoms with van der Waals surface area (Å²) >= 11 is 1.60. The molecule has 0 aliphatic heterocycles. The van der Waals surface area contributed by atoms with Crippen molar-refractivity contribution in [3.63, 3.8) is 0 Å². The van der Waals surface area contributed by atoms with Crippen LogP contribution in [-0.2, 0) is 21.9 Å². The fourth-order valence-corrected chi connectivity index (χ4v) is 4.46. The van der Waals surface area contributed by atoms with Crippen LogP contribution in [0.4, 0.5) is 0 Å². The molecule has 1 N–H and O–H groups in total. The van der Waals surface area contributed by atoms with Crippen LogP contribution in [0.2, 0.25) is 0 Å². The van der Waals surface area contributed by atoms with Gasteiger partial charge in [0.1, 0.15) is 6.04 Å². The van der Waals surface area contributed by atoms with Gasteiger partial charge in [-0.3, -0.25) is 9.59 Å². The molecule has 0 radical (unpaired) electrons. The first-order valence-corrected chi connectivity index (χ1v) is 12.2. The molecule has 0 fully saturated rings. The number of carbonyl (C=O) groups is 2. The van der Waals surface area contributed by atoms with Gasteiger partial charge in [0.25, 0.3) is 0 Å². The number of carbonyl (C=O) groups excluding carboxylic acids is 2. The molecule has 0 spiro atoms. The zero-order valence-electron chi connectivity index (χ0n) is 19.5. The van der Waals surface area contributed by atoms with Crippen LogP contribution in [0.15, 0.2) is 42.5 Å². The third kappa shape index (κ3) is 8.41. The summed E-state index contributed by atoms with van der Waals surface area (Å²) in [5.74, 6) is 1.04. The third-order valence-corrected chi connectivity index (χ3v) is 6.20. The van der Waals surface area contributed by atoms with E-state index in [2.05, 4.69) is 50.4 Å². The van der Waals surface area contributed by atoms with Gasteiger partial charge in [-0.15, -0.1) is 11.8 Å². The number of benzene rings is 2. The first-order valence-electron chi connectivity index (χ1n) is 11.1. The number of thioether (sulfide) groups is 1. The van der Waals surface area contributed by atoms with Gasteiger partial charge in [-0.05, 0) is 45.2 Å². The van der Waals surface area contributed by atoms with E-state index in [-0.39, 0.29) is 11.8 Å². The molecule has 2 amide bonds. The topological polar surface area (TPSA) is 49.4 Å². The minimum absolute atomic E-state index is 0.00553. The lowest BCUT2D eigenvalue weighted by Crippen LogP contribution is -2.48. The monoisotopic (exact) mass is 440 g/mol. The second kappa shape index (κ2) is 12.6. The Labute approximate surface area is 191 Å². The maximum Gasteiger partial charge on any atom is 0.242 e. The smallest absolute Gasteiger partial charge is 0.242 e. The van der Waals surface area contributed by atoms with Gasteiger partial charge < -0.3 is 10.2 Å². The summed E-state index contributed by atoms with van der Waals surface area (Å²) in [6.07, 6.45) is 1.96. The van der Waals surface area contributed by atoms with E-state index in [0.717, 1.165) is 29.7 Å². The zero-order valence-corrected chi connectivity index (χ0v) is 20.3. The number of unbranched alkanes of at least 4 members (excludes halogenated alkanes) is 1. The second-order valence-electron chi connectivity index (χ2n) is 8.32. The fraction of sp³-hybridized carbons (Fsp3) is 0.462. The average Bonchev–Trinajstić information content (AvgIpc) is 2.71. The summed E-state index contributed by atoms with van der Waals surface area (Å²) in [4.78, 5) is 27.5. The molecule has 31 heavy (non-hydrogen) atoms. The molecular weight excluding hydrogens is 404 g/mol. The van der Waals surface area contributed by atoms with Crippen molar-refractivity contribution in [2.75, 3.05) is 12.3 Å². The predicted octanol–water partition coefficient (Wildman–Crippen LogP) is 5.18. The SMILES string of the molecule is CCCCNC(=O)[C@H](C)N(Cc1cccc(C)c1)C(=O)CSCc1cc(C)cc(C)c1. The van der Waals surface area contributed by atoms with Gasteiger partial charge in [0.05, 0.1) is 5.75 Å². The molecule has 1 atom stereocenters. The van der Waals surface area contributed by atoms with E-state index in [1.165, 1.54) is 16.7 Å². The van der Waals surface area contributed by atoms with Crippen molar-refractivity contribution in [1.29, 1.82) is 0 Å². The van der Waals surface area contributed by atoms with Crippen LogP contribution in [0, 0.1) is 20.8 Å². The highest BCUT2D eigenvalue weighted by Gasteiger charge is 2.25. The summed E-state index contributed by atoms with van der Waals surface area (Å²) in [7, 11) is 0. The average molecular weight is 441 g/mol. The first-order chi connectivity index (χ1) is 14.8. The Morgan fingerprint density at radius 2 is 1.68 bits per heavy atom. The number of hydrogen-bond donors (Lipinski definition) is 1. The molecule has 168 valence electrons. The van der Waals surface area contributed by atoms with Gasteiger partial charge in [0, 0.05) is 18.8 Å². The van der Waals surface area contributed by atoms with E-state index in [9.17, 15) is 9.59 Å². The van der Waals surface area contributed by atoms with Crippen molar-refractivity contribution in [1.82, 2.24) is 10.2 Å². The van der Waals surface area contributed by atoms with Crippen molar-refractivity contribution in [3.05, 3.63) is 70.3 Å². The van der Waals surface area contributed by atoms with Crippen LogP contribution in [-0.4, -0.2) is 35.1 Å². The molecule has 5 heteroatoms. The van der Waals surface area contributed by atoms with Crippen LogP contribution in [0.25, 0.3) is 0 Å². The zero-order chi connectivity index (χ0) is 22.8. The Balaban J connectivity index is 2.06. The summed E-state index contributed by atoms with van der Waals surface area (Å²) in [6.45, 7) is 11.2. The van der Waals surface area contributed by atoms with Crippen molar-refractivity contribution in [2.24, 2.45) is 0 Å². The van der Waals surface area contributed by atoms with Gasteiger partial charge in [0.15, 0.2) is 0 Å². The van der Waals surface area contributed by atoms with E-state index in [1.54, 1.807) is 16.7 Å². The van der Waals surface area contributed by atoms with Crippen molar-refractivity contribution in [3.8, 4) is 0 Å². The Bertz CT molecular complexity index is 861. The molecule has 0 heterocycles. The van der Waals surface area contributed by atoms with Crippen molar-refractivity contribution in [2.45, 2.75) is 65.8 Å². The van der Waals surface area contributed by atoms with Crippen LogP contribution in [0.1, 0.15) is 54.5 Å². The molecule has 4 nitrogen and oxygen atoms in total. The van der Waals surface area contributed by atoms with E-state index in [1.807, 2.05) is 32.0 Å². The lowest BCUT2D eigenvalue weighted by molar-refractivity contribution is -0.138. The highest BCUT2D eigenvalue weighted by molar-refractivity contribution is 7.99. The van der Waals surface area contributed by atoms with Gasteiger partial charge >= 0.3 is 0 Å². The van der Waals surface area contributed by atoms with Crippen LogP contribution in [0.3, 0.4) is 0 Å². The normalized spacial score (nSPS) is 11.8. The molecule has 0 saturated heterocycles. The maximum absolute atomic E-state index is 13.2. The number of hydrogen-bond acceptors (Lipinski definition) is 3. The Morgan fingerprint density at radius 3 is 2.32 bits per heavy atom. The van der Waals surface area contributed by atoms with Crippen molar-refractivity contribution >= 4 is 23.6 Å². The minimum atomic E-state index is -0.508. The predicted molar refractivity (Wildman–Crippen MR) is 131 cm³/mol. The summed E-state index contributed by atoms with van der Waals surface area (Å²) in [6, 6.07) is 14.1. The third-order valence-electron chi connectivity index (χ3n) is 5.21. The molecule has 2 aromatic carbocycles. The fourth-order valence-electron chi connectivity index (χ4n) is 3.62. The van der Waals surface area contributed by atoms with E-state index < -0.39 is 6.04 Å². The second-order valence-corrected chi connectivity index (χ2v) is 9.31. The molecule has 0 aliphatic rings. The molecule has 0 aromatic heterocycles. The molecule has 0 saturated carbocycles.